The number of hydrogen-bond donors (Lipinski definition) is 19. The van der Waals surface area contributed by atoms with E-state index < -0.39 is 126 Å². The molecule has 7 atom stereocenters. The van der Waals surface area contributed by atoms with E-state index >= 15 is 0 Å². The number of H-pyrrole nitrogens is 1. The number of nitrogens with two attached hydrogens (primary N) is 5. The maximum Gasteiger partial charge on any atom is 0.245 e. The molecule has 0 radical (unpaired) electrons. The molecule has 13 amide bonds. The van der Waals surface area contributed by atoms with Gasteiger partial charge in [0.25, 0.3) is 0 Å². The van der Waals surface area contributed by atoms with Crippen LogP contribution in [0.15, 0.2) is 59.7 Å². The number of amides is 13. The Morgan fingerprint density at radius 1 is 0.505 bits per heavy atom. The van der Waals surface area contributed by atoms with Gasteiger partial charge < -0.3 is 103 Å². The van der Waals surface area contributed by atoms with Gasteiger partial charge in [-0.1, -0.05) is 58.0 Å². The van der Waals surface area contributed by atoms with Gasteiger partial charge in [0.05, 0.1) is 19.1 Å². The van der Waals surface area contributed by atoms with Crippen molar-refractivity contribution in [1.29, 1.82) is 0 Å². The highest BCUT2D eigenvalue weighted by molar-refractivity contribution is 5.98. The summed E-state index contributed by atoms with van der Waals surface area (Å²) in [7, 11) is 0. The van der Waals surface area contributed by atoms with Crippen molar-refractivity contribution < 1.29 is 67.4 Å². The number of carbonyl (C=O) groups excluding carboxylic acids is 13. The maximum atomic E-state index is 14.0. The molecule has 33 nitrogen and oxygen atoms in total. The van der Waals surface area contributed by atoms with E-state index in [2.05, 4.69) is 73.8 Å². The van der Waals surface area contributed by atoms with Crippen LogP contribution in [0.2, 0.25) is 0 Å². The van der Waals surface area contributed by atoms with Gasteiger partial charge >= 0.3 is 0 Å². The summed E-state index contributed by atoms with van der Waals surface area (Å²) in [6.45, 7) is 11.8. The molecule has 0 spiro atoms. The first-order valence-electron chi connectivity index (χ1n) is 35.4. The molecule has 0 aliphatic rings. The van der Waals surface area contributed by atoms with Gasteiger partial charge in [-0.2, -0.15) is 0 Å². The van der Waals surface area contributed by atoms with Gasteiger partial charge in [-0.25, -0.2) is 0 Å². The number of phenolic OH excluding ortho intramolecular Hbond substituents is 1. The molecule has 0 aliphatic carbocycles. The van der Waals surface area contributed by atoms with E-state index in [-0.39, 0.29) is 106 Å². The van der Waals surface area contributed by atoms with Gasteiger partial charge in [-0.05, 0) is 158 Å². The van der Waals surface area contributed by atoms with Crippen molar-refractivity contribution in [3.05, 3.63) is 65.9 Å². The van der Waals surface area contributed by atoms with Gasteiger partial charge in [0.1, 0.15) is 47.5 Å². The lowest BCUT2D eigenvalue weighted by Gasteiger charge is -2.28. The van der Waals surface area contributed by atoms with Crippen LogP contribution >= 0.6 is 0 Å². The SMILES string of the molecule is CC(C)C[C@H](NC(=O)[C@H](CC(C)C)NC(=O)CNC(=O)C(C)(C)NC(=O)[C@H](C)NC(=O)[C@H](CCCN=C(N)N)NC(=O)CNC(=O)CCCCNC(=O)CCCCNC(=O)CCCCNC(=O)[C@H](CCCCN)NC(=O)[C@H](Cc1ccc(O)cc1)NC(=O)[C@@H](N)Cc1c[nH]c2ccccc12)C(N)=O. The fraction of sp³-hybridized carbons (Fsp3) is 0.600. The average molecular weight is 1440 g/mol. The lowest BCUT2D eigenvalue weighted by molar-refractivity contribution is -0.136. The summed E-state index contributed by atoms with van der Waals surface area (Å²) in [5.41, 5.74) is 29.3. The van der Waals surface area contributed by atoms with Crippen molar-refractivity contribution in [3.8, 4) is 5.75 Å². The van der Waals surface area contributed by atoms with Crippen LogP contribution in [0, 0.1) is 11.8 Å². The molecular weight excluding hydrogens is 1330 g/mol. The van der Waals surface area contributed by atoms with E-state index in [9.17, 15) is 67.4 Å². The monoisotopic (exact) mass is 1440 g/mol. The lowest BCUT2D eigenvalue weighted by atomic mass is 10.00. The zero-order valence-electron chi connectivity index (χ0n) is 60.7. The highest BCUT2D eigenvalue weighted by Gasteiger charge is 2.35. The number of phenols is 1. The van der Waals surface area contributed by atoms with Crippen molar-refractivity contribution in [2.24, 2.45) is 45.5 Å². The Morgan fingerprint density at radius 3 is 1.59 bits per heavy atom. The minimum atomic E-state index is -1.63. The van der Waals surface area contributed by atoms with Crippen molar-refractivity contribution in [2.45, 2.75) is 212 Å². The Morgan fingerprint density at radius 2 is 1.01 bits per heavy atom. The standard InChI is InChI=1S/C70H113N19O14/c1-42(2)35-53(61(73)96)87-66(101)54(36-43(3)4)85-60(95)41-82-68(103)70(6,7)89-62(97)44(5)83-65(100)52(22-18-34-79-69(74)75)84-59(94)40-81-58(93)25-12-16-32-77-56(91)23-11-15-31-76-57(92)24-13-17-33-78-64(99)51(21-10-14-30-71)86-67(102)55(37-45-26-28-47(90)29-27-45)88-63(98)49(72)38-46-39-80-50-20-9-8-19-48(46)50/h8-9,19-20,26-29,39,42-44,49,51-55,80,90H,10-18,21-25,30-38,40-41,71-72H2,1-7H3,(H2,73,96)(H,76,92)(H,77,91)(H,78,99)(H,81,93)(H,82,103)(H,83,100)(H,84,94)(H,85,95)(H,86,102)(H,87,101)(H,88,98)(H,89,97)(H4,74,75,79)/t44-,49-,51-,52-,53-,54-,55-/m0/s1. The van der Waals surface area contributed by atoms with E-state index in [1.165, 1.54) is 32.9 Å². The van der Waals surface area contributed by atoms with E-state index in [0.29, 0.717) is 83.0 Å². The van der Waals surface area contributed by atoms with Crippen LogP contribution in [0.5, 0.6) is 5.75 Å². The summed E-state index contributed by atoms with van der Waals surface area (Å²) in [5, 5.41) is 42.6. The van der Waals surface area contributed by atoms with Crippen LogP contribution in [0.4, 0.5) is 0 Å². The zero-order valence-corrected chi connectivity index (χ0v) is 60.7. The topological polar surface area (TPSA) is 545 Å². The molecule has 0 unspecified atom stereocenters. The summed E-state index contributed by atoms with van der Waals surface area (Å²) < 4.78 is 0. The number of hydrogen-bond acceptors (Lipinski definition) is 17. The normalized spacial score (nSPS) is 13.3. The second-order valence-electron chi connectivity index (χ2n) is 27.0. The quantitative estimate of drug-likeness (QED) is 0.0177. The smallest absolute Gasteiger partial charge is 0.245 e. The van der Waals surface area contributed by atoms with E-state index in [1.54, 1.807) is 18.3 Å². The second kappa shape index (κ2) is 46.6. The van der Waals surface area contributed by atoms with Crippen LogP contribution in [-0.2, 0) is 75.2 Å². The molecule has 103 heavy (non-hydrogen) atoms. The number of primary amides is 1. The van der Waals surface area contributed by atoms with Crippen molar-refractivity contribution >= 4 is 93.7 Å². The Hall–Kier alpha value is -9.92. The largest absolute Gasteiger partial charge is 0.508 e. The number of benzene rings is 2. The molecular formula is C70H113N19O14. The van der Waals surface area contributed by atoms with Crippen LogP contribution in [-0.4, -0.2) is 186 Å². The fourth-order valence-electron chi connectivity index (χ4n) is 10.7. The van der Waals surface area contributed by atoms with Gasteiger partial charge in [-0.3, -0.25) is 67.3 Å². The number of unbranched alkanes of at least 4 members (excludes halogenated alkanes) is 4. The third kappa shape index (κ3) is 35.5. The minimum Gasteiger partial charge on any atom is -0.508 e. The third-order valence-electron chi connectivity index (χ3n) is 16.4. The molecule has 1 aromatic heterocycles. The number of nitrogens with one attached hydrogen (secondary N) is 13. The molecule has 33 heteroatoms. The van der Waals surface area contributed by atoms with E-state index in [0.717, 1.165) is 16.5 Å². The number of fused-ring (bicyclic) bond motifs is 1. The fourth-order valence-corrected chi connectivity index (χ4v) is 10.7. The molecule has 2 aromatic carbocycles. The third-order valence-corrected chi connectivity index (χ3v) is 16.4. The van der Waals surface area contributed by atoms with Crippen molar-refractivity contribution in [3.63, 3.8) is 0 Å². The van der Waals surface area contributed by atoms with Crippen molar-refractivity contribution in [2.75, 3.05) is 45.8 Å². The van der Waals surface area contributed by atoms with Crippen LogP contribution < -0.4 is 92.5 Å². The van der Waals surface area contributed by atoms with Crippen LogP contribution in [0.1, 0.15) is 162 Å². The lowest BCUT2D eigenvalue weighted by Crippen LogP contribution is -2.61. The van der Waals surface area contributed by atoms with E-state index in [4.69, 9.17) is 28.7 Å². The molecule has 0 saturated heterocycles. The molecule has 24 N–H and O–H groups in total. The van der Waals surface area contributed by atoms with Crippen LogP contribution in [0.3, 0.4) is 0 Å². The number of para-hydroxylation sites is 1. The summed E-state index contributed by atoms with van der Waals surface area (Å²) in [5.74, 6) is -7.74. The highest BCUT2D eigenvalue weighted by atomic mass is 16.3. The summed E-state index contributed by atoms with van der Waals surface area (Å²) in [6, 6.07) is 6.28. The summed E-state index contributed by atoms with van der Waals surface area (Å²) >= 11 is 0. The van der Waals surface area contributed by atoms with Crippen molar-refractivity contribution in [1.82, 2.24) is 68.8 Å². The first-order valence-corrected chi connectivity index (χ1v) is 35.4. The maximum absolute atomic E-state index is 14.0. The molecule has 0 saturated carbocycles. The average Bonchev–Trinajstić information content (AvgIpc) is 1.73. The first kappa shape index (κ1) is 87.3. The number of rotatable bonds is 50. The van der Waals surface area contributed by atoms with Gasteiger partial charge in [0.2, 0.25) is 76.8 Å². The van der Waals surface area contributed by atoms with Crippen LogP contribution in [0.25, 0.3) is 10.9 Å². The Labute approximate surface area is 602 Å². The number of carbonyl (C=O) groups is 13. The van der Waals surface area contributed by atoms with Gasteiger partial charge in [0.15, 0.2) is 5.96 Å². The summed E-state index contributed by atoms with van der Waals surface area (Å²) in [4.78, 5) is 177. The molecule has 572 valence electrons. The minimum absolute atomic E-state index is 0.0157. The predicted octanol–water partition coefficient (Wildman–Crippen LogP) is -1.34. The van der Waals surface area contributed by atoms with Gasteiger partial charge in [0, 0.05) is 69.0 Å². The van der Waals surface area contributed by atoms with E-state index in [1.807, 2.05) is 52.0 Å². The molecule has 3 rings (SSSR count). The Kier molecular flexibility index (Phi) is 39.5. The number of aromatic hydroxyl groups is 1. The molecule has 0 fully saturated rings. The first-order chi connectivity index (χ1) is 48.8. The number of aliphatic imine (C=N–C) groups is 1. The predicted molar refractivity (Wildman–Crippen MR) is 389 cm³/mol. The molecule has 1 heterocycles. The molecule has 0 bridgehead atoms. The van der Waals surface area contributed by atoms with Gasteiger partial charge in [-0.15, -0.1) is 0 Å². The number of aromatic nitrogens is 1. The number of guanidine groups is 1. The Bertz CT molecular complexity index is 3300. The number of nitrogens with zero attached hydrogens (tertiary/aromatic N) is 1. The Balaban J connectivity index is 1.35. The zero-order chi connectivity index (χ0) is 76.6. The molecule has 3 aromatic rings. The molecule has 0 aliphatic heterocycles. The summed E-state index contributed by atoms with van der Waals surface area (Å²) in [6.07, 6.45) is 7.43. The second-order valence-corrected chi connectivity index (χ2v) is 27.0. The number of aromatic amines is 1. The highest BCUT2D eigenvalue weighted by Crippen LogP contribution is 2.20.